The van der Waals surface area contributed by atoms with Crippen LogP contribution in [0.4, 0.5) is 0 Å². The summed E-state index contributed by atoms with van der Waals surface area (Å²) in [5.74, 6) is 0. The van der Waals surface area contributed by atoms with E-state index >= 15 is 0 Å². The van der Waals surface area contributed by atoms with Crippen molar-refractivity contribution in [3.8, 4) is 0 Å². The van der Waals surface area contributed by atoms with Gasteiger partial charge in [-0.25, -0.2) is 0 Å². The van der Waals surface area contributed by atoms with Gasteiger partial charge in [0.25, 0.3) is 0 Å². The molecule has 0 saturated carbocycles. The molecule has 3 nitrogen and oxygen atoms in total. The second-order valence-electron chi connectivity index (χ2n) is 2.31. The molecule has 0 aliphatic rings. The third-order valence-corrected chi connectivity index (χ3v) is 1.56. The van der Waals surface area contributed by atoms with E-state index in [1.165, 1.54) is 0 Å². The van der Waals surface area contributed by atoms with Crippen molar-refractivity contribution < 1.29 is 52.1 Å². The van der Waals surface area contributed by atoms with E-state index in [1.807, 2.05) is 18.3 Å². The first kappa shape index (κ1) is 13.1. The van der Waals surface area contributed by atoms with Crippen LogP contribution >= 0.6 is 0 Å². The minimum Gasteiger partial charge on any atom is -0.468 e. The van der Waals surface area contributed by atoms with Gasteiger partial charge in [-0.1, -0.05) is 30.1 Å². The fourth-order valence-electron chi connectivity index (χ4n) is 0.996. The maximum Gasteiger partial charge on any atom is 0.0583 e. The summed E-state index contributed by atoms with van der Waals surface area (Å²) in [6.45, 7) is 0.0575. The largest absolute Gasteiger partial charge is 0.468 e. The van der Waals surface area contributed by atoms with Gasteiger partial charge in [0, 0.05) is 52.6 Å². The van der Waals surface area contributed by atoms with Gasteiger partial charge in [0.2, 0.25) is 0 Å². The summed E-state index contributed by atoms with van der Waals surface area (Å²) in [5, 5.41) is 8.79. The van der Waals surface area contributed by atoms with Crippen LogP contribution in [0.3, 0.4) is 0 Å². The molecule has 0 aromatic carbocycles. The molecule has 2 rings (SSSR count). The average molecular weight is 479 g/mol. The van der Waals surface area contributed by atoms with Crippen molar-refractivity contribution in [3.05, 3.63) is 36.3 Å². The summed E-state index contributed by atoms with van der Waals surface area (Å²) in [6.07, 6.45) is 6.30. The number of imidazole rings is 1. The number of hydrogen-bond donors (Lipinski definition) is 1. The zero-order valence-corrected chi connectivity index (χ0v) is 12.8. The Hall–Kier alpha value is 0.144. The molecule has 0 aliphatic heterocycles. The summed E-state index contributed by atoms with van der Waals surface area (Å²) in [6, 6.07) is 3.69. The Morgan fingerprint density at radius 1 is 1.46 bits per heavy atom. The predicted molar refractivity (Wildman–Crippen MR) is 40.0 cm³/mol. The Bertz CT molecular complexity index is 377. The van der Waals surface area contributed by atoms with Gasteiger partial charge < -0.3 is 14.5 Å². The van der Waals surface area contributed by atoms with E-state index < -0.39 is 0 Å². The molecule has 0 unspecified atom stereocenters. The molecule has 1 N–H and O–H groups in total. The minimum atomic E-state index is 0. The normalized spacial score (nSPS) is 9.00. The van der Waals surface area contributed by atoms with Gasteiger partial charge in [0.05, 0.1) is 6.61 Å². The summed E-state index contributed by atoms with van der Waals surface area (Å²) in [4.78, 5) is 4.02. The van der Waals surface area contributed by atoms with Crippen molar-refractivity contribution in [2.24, 2.45) is 0 Å². The van der Waals surface area contributed by atoms with Crippen molar-refractivity contribution in [1.29, 1.82) is 0 Å². The van der Waals surface area contributed by atoms with Gasteiger partial charge in [-0.05, 0) is 6.20 Å². The molecule has 0 amide bonds. The zero-order chi connectivity index (χ0) is 7.68. The zero-order valence-electron chi connectivity index (χ0n) is 6.81. The Balaban J connectivity index is 0.000000720. The van der Waals surface area contributed by atoms with Crippen molar-refractivity contribution in [2.45, 2.75) is 6.61 Å². The molecule has 0 fully saturated rings. The van der Waals surface area contributed by atoms with Crippen LogP contribution in [0.5, 0.6) is 0 Å². The molecular weight excluding hydrogens is 472 g/mol. The second kappa shape index (κ2) is 5.79. The van der Waals surface area contributed by atoms with Crippen molar-refractivity contribution in [3.63, 3.8) is 0 Å². The first-order valence-electron chi connectivity index (χ1n) is 3.35. The number of aromatic nitrogens is 2. The van der Waals surface area contributed by atoms with E-state index in [0.717, 1.165) is 11.2 Å². The summed E-state index contributed by atoms with van der Waals surface area (Å²) in [5.41, 5.74) is 1.72. The quantitative estimate of drug-likeness (QED) is 0.610. The molecule has 0 saturated heterocycles. The Morgan fingerprint density at radius 2 is 2.23 bits per heavy atom. The van der Waals surface area contributed by atoms with E-state index in [4.69, 9.17) is 5.11 Å². The Morgan fingerprint density at radius 3 is 2.92 bits per heavy atom. The topological polar surface area (TPSA) is 37.5 Å². The number of pyridine rings is 1. The van der Waals surface area contributed by atoms with E-state index in [-0.39, 0.29) is 53.6 Å². The summed E-state index contributed by atoms with van der Waals surface area (Å²) in [7, 11) is 0. The molecule has 13 heavy (non-hydrogen) atoms. The molecule has 0 bridgehead atoms. The van der Waals surface area contributed by atoms with E-state index in [2.05, 4.69) is 11.2 Å². The molecule has 2 aromatic heterocycles. The summed E-state index contributed by atoms with van der Waals surface area (Å²) < 4.78 is 1.76. The number of rotatable bonds is 1. The number of hydrogen-bond acceptors (Lipinski definition) is 2. The van der Waals surface area contributed by atoms with Crippen LogP contribution in [0.25, 0.3) is 5.65 Å². The molecule has 2 radical (unpaired) electrons. The Labute approximate surface area is 109 Å². The molecule has 0 atom stereocenters. The van der Waals surface area contributed by atoms with Gasteiger partial charge in [-0.2, -0.15) is 0 Å². The third kappa shape index (κ3) is 2.79. The third-order valence-electron chi connectivity index (χ3n) is 1.56. The van der Waals surface area contributed by atoms with Crippen molar-refractivity contribution in [2.75, 3.05) is 0 Å². The molecular formula is C8H7AmN2OY-. The molecule has 2 aromatic rings. The molecule has 5 heteroatoms. The number of aliphatic hydroxyl groups is 1. The van der Waals surface area contributed by atoms with Crippen LogP contribution in [0.2, 0.25) is 0 Å². The first-order chi connectivity index (χ1) is 5.40. The van der Waals surface area contributed by atoms with Crippen LogP contribution in [-0.4, -0.2) is 14.5 Å². The fourth-order valence-corrected chi connectivity index (χ4v) is 0.996. The number of aliphatic hydroxyl groups excluding tert-OH is 1. The van der Waals surface area contributed by atoms with Crippen LogP contribution in [0, 0.1) is 20.5 Å². The molecule has 66 valence electrons. The summed E-state index contributed by atoms with van der Waals surface area (Å²) >= 11 is 0. The van der Waals surface area contributed by atoms with Crippen LogP contribution in [-0.2, 0) is 39.3 Å². The van der Waals surface area contributed by atoms with E-state index in [1.54, 1.807) is 10.6 Å². The van der Waals surface area contributed by atoms with Crippen molar-refractivity contribution >= 4 is 5.65 Å². The second-order valence-corrected chi connectivity index (χ2v) is 2.31. The van der Waals surface area contributed by atoms with Gasteiger partial charge in [-0.3, -0.25) is 0 Å². The van der Waals surface area contributed by atoms with Gasteiger partial charge in [-0.15, -0.1) is 0 Å². The van der Waals surface area contributed by atoms with Gasteiger partial charge in [0.15, 0.2) is 0 Å². The van der Waals surface area contributed by atoms with E-state index in [0.29, 0.717) is 0 Å². The maximum atomic E-state index is 8.79. The van der Waals surface area contributed by atoms with Crippen LogP contribution < -0.4 is 0 Å². The average Bonchev–Trinajstić information content (AvgIpc) is 2.50. The van der Waals surface area contributed by atoms with Crippen molar-refractivity contribution in [1.82, 2.24) is 9.38 Å². The fraction of sp³-hybridized carbons (Fsp3) is 0.125. The van der Waals surface area contributed by atoms with Gasteiger partial charge in [0.1, 0.15) is 0 Å². The van der Waals surface area contributed by atoms with Crippen LogP contribution in [0.1, 0.15) is 5.56 Å². The predicted octanol–water partition coefficient (Wildman–Crippen LogP) is 0.624. The number of fused-ring (bicyclic) bond motifs is 1. The maximum absolute atomic E-state index is 8.79. The SMILES string of the molecule is OCc1ccc2nc[c-]n2c1.[Am].[Y]. The van der Waals surface area contributed by atoms with E-state index in [9.17, 15) is 0 Å². The molecule has 2 heterocycles. The Kier molecular flexibility index (Phi) is 5.85. The standard InChI is InChI=1S/C8H7N2O.Am.Y/c11-6-7-1-2-8-9-3-4-10(8)5-7;;/h1-3,5,11H,6H2;;/q-1;;. The minimum absolute atomic E-state index is 0. The monoisotopic (exact) mass is 477 g/mol. The first-order valence-corrected chi connectivity index (χ1v) is 3.35. The van der Waals surface area contributed by atoms with Gasteiger partial charge >= 0.3 is 0 Å². The number of nitrogens with zero attached hydrogens (tertiary/aromatic N) is 2. The molecule has 0 aliphatic carbocycles. The van der Waals surface area contributed by atoms with Crippen LogP contribution in [0.15, 0.2) is 24.5 Å². The molecule has 0 spiro atoms. The smallest absolute Gasteiger partial charge is 0.0583 e.